The topological polar surface area (TPSA) is 79.7 Å². The Balaban J connectivity index is 2.81. The second kappa shape index (κ2) is 5.83. The molecule has 1 amide bonds. The van der Waals surface area contributed by atoms with Gasteiger partial charge < -0.3 is 9.84 Å². The minimum Gasteiger partial charge on any atom is -0.480 e. The summed E-state index contributed by atoms with van der Waals surface area (Å²) < 4.78 is 4.49. The molecular weight excluding hydrogens is 224 g/mol. The Labute approximate surface area is 98.8 Å². The van der Waals surface area contributed by atoms with Gasteiger partial charge in [-0.1, -0.05) is 6.07 Å². The third-order valence-corrected chi connectivity index (χ3v) is 2.37. The van der Waals surface area contributed by atoms with Crippen molar-refractivity contribution < 1.29 is 19.4 Å². The van der Waals surface area contributed by atoms with Crippen LogP contribution in [-0.4, -0.2) is 47.3 Å². The molecule has 0 saturated heterocycles. The number of amides is 1. The van der Waals surface area contributed by atoms with E-state index in [-0.39, 0.29) is 6.42 Å². The van der Waals surface area contributed by atoms with Crippen molar-refractivity contribution in [3.05, 3.63) is 30.1 Å². The number of nitrogens with zero attached hydrogens (tertiary/aromatic N) is 2. The average molecular weight is 238 g/mol. The summed E-state index contributed by atoms with van der Waals surface area (Å²) in [6, 6.07) is 2.51. The summed E-state index contributed by atoms with van der Waals surface area (Å²) in [6.45, 7) is 0. The highest BCUT2D eigenvalue weighted by Gasteiger charge is 2.27. The Bertz CT molecular complexity index is 394. The van der Waals surface area contributed by atoms with Gasteiger partial charge in [-0.3, -0.25) is 9.88 Å². The molecule has 92 valence electrons. The minimum atomic E-state index is -1.08. The van der Waals surface area contributed by atoms with Crippen molar-refractivity contribution in [3.8, 4) is 0 Å². The number of aliphatic carboxylic acids is 1. The molecule has 0 aliphatic heterocycles. The Morgan fingerprint density at radius 2 is 2.29 bits per heavy atom. The van der Waals surface area contributed by atoms with E-state index in [4.69, 9.17) is 5.11 Å². The average Bonchev–Trinajstić information content (AvgIpc) is 2.35. The maximum atomic E-state index is 11.3. The molecule has 0 aliphatic carbocycles. The number of carboxylic acid groups (broad SMARTS) is 1. The number of aromatic nitrogens is 1. The van der Waals surface area contributed by atoms with E-state index in [9.17, 15) is 9.59 Å². The predicted octanol–water partition coefficient (Wildman–Crippen LogP) is 0.775. The number of hydrogen-bond acceptors (Lipinski definition) is 4. The van der Waals surface area contributed by atoms with Crippen LogP contribution in [0.25, 0.3) is 0 Å². The van der Waals surface area contributed by atoms with Crippen LogP contribution in [0.1, 0.15) is 5.56 Å². The van der Waals surface area contributed by atoms with Crippen molar-refractivity contribution in [2.24, 2.45) is 0 Å². The van der Waals surface area contributed by atoms with Crippen molar-refractivity contribution in [3.63, 3.8) is 0 Å². The van der Waals surface area contributed by atoms with Crippen molar-refractivity contribution in [2.75, 3.05) is 14.2 Å². The zero-order valence-corrected chi connectivity index (χ0v) is 9.66. The molecule has 0 radical (unpaired) electrons. The van der Waals surface area contributed by atoms with Gasteiger partial charge in [-0.2, -0.15) is 0 Å². The van der Waals surface area contributed by atoms with Gasteiger partial charge in [0.15, 0.2) is 0 Å². The van der Waals surface area contributed by atoms with E-state index in [1.54, 1.807) is 24.5 Å². The van der Waals surface area contributed by atoms with E-state index in [1.165, 1.54) is 14.2 Å². The normalized spacial score (nSPS) is 11.6. The Hall–Kier alpha value is -2.11. The van der Waals surface area contributed by atoms with Crippen LogP contribution in [0.2, 0.25) is 0 Å². The van der Waals surface area contributed by atoms with Crippen molar-refractivity contribution >= 4 is 12.1 Å². The lowest BCUT2D eigenvalue weighted by Gasteiger charge is -2.23. The molecule has 0 saturated carbocycles. The van der Waals surface area contributed by atoms with E-state index in [1.807, 2.05) is 0 Å². The molecule has 0 spiro atoms. The number of rotatable bonds is 4. The fourth-order valence-electron chi connectivity index (χ4n) is 1.40. The Morgan fingerprint density at radius 3 is 2.76 bits per heavy atom. The number of likely N-dealkylation sites (N-methyl/N-ethyl adjacent to an activating group) is 1. The number of ether oxygens (including phenoxy) is 1. The second-order valence-corrected chi connectivity index (χ2v) is 3.50. The van der Waals surface area contributed by atoms with Gasteiger partial charge in [0.05, 0.1) is 7.11 Å². The molecule has 6 heteroatoms. The summed E-state index contributed by atoms with van der Waals surface area (Å²) in [7, 11) is 2.60. The molecule has 0 aromatic carbocycles. The monoisotopic (exact) mass is 238 g/mol. The van der Waals surface area contributed by atoms with Gasteiger partial charge in [0.25, 0.3) is 0 Å². The van der Waals surface area contributed by atoms with Crippen LogP contribution >= 0.6 is 0 Å². The summed E-state index contributed by atoms with van der Waals surface area (Å²) in [4.78, 5) is 27.3. The largest absolute Gasteiger partial charge is 0.480 e. The van der Waals surface area contributed by atoms with Gasteiger partial charge in [0, 0.05) is 25.9 Å². The number of carbonyl (C=O) groups excluding carboxylic acids is 1. The first kappa shape index (κ1) is 13.0. The molecule has 1 N–H and O–H groups in total. The minimum absolute atomic E-state index is 0.189. The van der Waals surface area contributed by atoms with Gasteiger partial charge >= 0.3 is 12.1 Å². The first-order valence-electron chi connectivity index (χ1n) is 4.98. The van der Waals surface area contributed by atoms with Crippen LogP contribution in [0, 0.1) is 0 Å². The molecule has 17 heavy (non-hydrogen) atoms. The molecule has 0 aliphatic rings. The fourth-order valence-corrected chi connectivity index (χ4v) is 1.40. The molecule has 0 fully saturated rings. The molecule has 1 atom stereocenters. The molecule has 0 bridgehead atoms. The van der Waals surface area contributed by atoms with E-state index in [0.717, 1.165) is 10.5 Å². The smallest absolute Gasteiger partial charge is 0.409 e. The number of methoxy groups -OCH3 is 1. The van der Waals surface area contributed by atoms with Gasteiger partial charge in [-0.15, -0.1) is 0 Å². The van der Waals surface area contributed by atoms with Crippen molar-refractivity contribution in [1.82, 2.24) is 9.88 Å². The van der Waals surface area contributed by atoms with Crippen molar-refractivity contribution in [2.45, 2.75) is 12.5 Å². The van der Waals surface area contributed by atoms with E-state index in [2.05, 4.69) is 9.72 Å². The molecule has 1 unspecified atom stereocenters. The standard InChI is InChI=1S/C11H14N2O4/c1-13(11(16)17-2)9(10(14)15)6-8-4-3-5-12-7-8/h3-5,7,9H,6H2,1-2H3,(H,14,15). The van der Waals surface area contributed by atoms with Crippen LogP contribution in [0.5, 0.6) is 0 Å². The molecule has 1 aromatic rings. The maximum Gasteiger partial charge on any atom is 0.409 e. The lowest BCUT2D eigenvalue weighted by Crippen LogP contribution is -2.43. The third kappa shape index (κ3) is 3.44. The van der Waals surface area contributed by atoms with Gasteiger partial charge in [-0.25, -0.2) is 9.59 Å². The highest BCUT2D eigenvalue weighted by atomic mass is 16.5. The summed E-state index contributed by atoms with van der Waals surface area (Å²) in [5, 5.41) is 9.08. The molecule has 1 aromatic heterocycles. The van der Waals surface area contributed by atoms with Crippen LogP contribution in [0.4, 0.5) is 4.79 Å². The zero-order valence-electron chi connectivity index (χ0n) is 9.66. The number of hydrogen-bond donors (Lipinski definition) is 1. The maximum absolute atomic E-state index is 11.3. The highest BCUT2D eigenvalue weighted by Crippen LogP contribution is 2.08. The van der Waals surface area contributed by atoms with Crippen LogP contribution in [0.3, 0.4) is 0 Å². The number of pyridine rings is 1. The van der Waals surface area contributed by atoms with Gasteiger partial charge in [0.2, 0.25) is 0 Å². The zero-order chi connectivity index (χ0) is 12.8. The summed E-state index contributed by atoms with van der Waals surface area (Å²) in [5.41, 5.74) is 0.746. The highest BCUT2D eigenvalue weighted by molar-refractivity contribution is 5.80. The lowest BCUT2D eigenvalue weighted by molar-refractivity contribution is -0.142. The second-order valence-electron chi connectivity index (χ2n) is 3.50. The summed E-state index contributed by atoms with van der Waals surface area (Å²) >= 11 is 0. The van der Waals surface area contributed by atoms with Gasteiger partial charge in [0.1, 0.15) is 6.04 Å². The quantitative estimate of drug-likeness (QED) is 0.838. The van der Waals surface area contributed by atoms with Crippen LogP contribution < -0.4 is 0 Å². The van der Waals surface area contributed by atoms with E-state index < -0.39 is 18.1 Å². The molecule has 1 rings (SSSR count). The van der Waals surface area contributed by atoms with Crippen LogP contribution in [0.15, 0.2) is 24.5 Å². The third-order valence-electron chi connectivity index (χ3n) is 2.37. The SMILES string of the molecule is COC(=O)N(C)C(Cc1cccnc1)C(=O)O. The van der Waals surface area contributed by atoms with Crippen LogP contribution in [-0.2, 0) is 16.0 Å². The van der Waals surface area contributed by atoms with E-state index in [0.29, 0.717) is 0 Å². The lowest BCUT2D eigenvalue weighted by atomic mass is 10.1. The molecular formula is C11H14N2O4. The first-order valence-corrected chi connectivity index (χ1v) is 4.98. The van der Waals surface area contributed by atoms with E-state index >= 15 is 0 Å². The molecule has 1 heterocycles. The number of carbonyl (C=O) groups is 2. The summed E-state index contributed by atoms with van der Waals surface area (Å²) in [5.74, 6) is -1.08. The fraction of sp³-hybridized carbons (Fsp3) is 0.364. The van der Waals surface area contributed by atoms with Gasteiger partial charge in [-0.05, 0) is 11.6 Å². The first-order chi connectivity index (χ1) is 8.06. The molecule has 6 nitrogen and oxygen atoms in total. The summed E-state index contributed by atoms with van der Waals surface area (Å²) in [6.07, 6.45) is 2.68. The Morgan fingerprint density at radius 1 is 1.59 bits per heavy atom. The predicted molar refractivity (Wildman–Crippen MR) is 59.5 cm³/mol. The Kier molecular flexibility index (Phi) is 4.45. The van der Waals surface area contributed by atoms with Crippen molar-refractivity contribution in [1.29, 1.82) is 0 Å². The number of carboxylic acids is 1.